The van der Waals surface area contributed by atoms with Gasteiger partial charge >= 0.3 is 0 Å². The van der Waals surface area contributed by atoms with E-state index in [0.29, 0.717) is 5.69 Å². The molecule has 2 aromatic carbocycles. The number of rotatable bonds is 4. The van der Waals surface area contributed by atoms with E-state index in [9.17, 15) is 5.11 Å². The lowest BCUT2D eigenvalue weighted by Gasteiger charge is -2.14. The van der Waals surface area contributed by atoms with Gasteiger partial charge in [-0.3, -0.25) is 0 Å². The largest absolute Gasteiger partial charge is 0.505 e. The van der Waals surface area contributed by atoms with Crippen LogP contribution in [0.1, 0.15) is 44.2 Å². The molecule has 0 saturated heterocycles. The zero-order valence-electron chi connectivity index (χ0n) is 13.2. The maximum atomic E-state index is 10.6. The second-order valence-corrected chi connectivity index (χ2v) is 5.94. The number of aromatic nitrogens is 3. The van der Waals surface area contributed by atoms with Gasteiger partial charge in [0.1, 0.15) is 22.5 Å². The van der Waals surface area contributed by atoms with Crippen molar-refractivity contribution in [3.63, 3.8) is 0 Å². The number of hydrogen-bond acceptors (Lipinski definition) is 3. The van der Waals surface area contributed by atoms with Gasteiger partial charge in [0.25, 0.3) is 0 Å². The molecule has 0 bridgehead atoms. The van der Waals surface area contributed by atoms with E-state index in [4.69, 9.17) is 0 Å². The topological polar surface area (TPSA) is 50.9 Å². The average molecular weight is 295 g/mol. The van der Waals surface area contributed by atoms with E-state index >= 15 is 0 Å². The fourth-order valence-corrected chi connectivity index (χ4v) is 2.69. The number of nitrogens with zero attached hydrogens (tertiary/aromatic N) is 3. The Hall–Kier alpha value is -2.36. The summed E-state index contributed by atoms with van der Waals surface area (Å²) in [6, 6.07) is 11.8. The van der Waals surface area contributed by atoms with Crippen LogP contribution in [0.3, 0.4) is 0 Å². The minimum absolute atomic E-state index is 0.250. The van der Waals surface area contributed by atoms with Crippen molar-refractivity contribution in [2.75, 3.05) is 0 Å². The third-order valence-corrected chi connectivity index (χ3v) is 3.84. The number of benzene rings is 2. The number of phenolic OH excluding ortho intramolecular Hbond substituents is 1. The molecule has 0 aliphatic rings. The Bertz CT molecular complexity index is 772. The maximum absolute atomic E-state index is 10.6. The van der Waals surface area contributed by atoms with Gasteiger partial charge in [0, 0.05) is 0 Å². The van der Waals surface area contributed by atoms with E-state index in [1.165, 1.54) is 5.56 Å². The summed E-state index contributed by atoms with van der Waals surface area (Å²) in [5, 5.41) is 19.6. The first-order chi connectivity index (χ1) is 10.6. The highest BCUT2D eigenvalue weighted by Crippen LogP contribution is 2.33. The summed E-state index contributed by atoms with van der Waals surface area (Å²) >= 11 is 0. The van der Waals surface area contributed by atoms with Crippen LogP contribution in [0.5, 0.6) is 5.75 Å². The summed E-state index contributed by atoms with van der Waals surface area (Å²) in [4.78, 5) is 1.55. The van der Waals surface area contributed by atoms with Gasteiger partial charge in [-0.05, 0) is 41.7 Å². The summed E-state index contributed by atoms with van der Waals surface area (Å²) in [6.45, 7) is 6.32. The van der Waals surface area contributed by atoms with Crippen LogP contribution < -0.4 is 0 Å². The van der Waals surface area contributed by atoms with Crippen molar-refractivity contribution in [1.29, 1.82) is 0 Å². The van der Waals surface area contributed by atoms with Gasteiger partial charge in [0.2, 0.25) is 0 Å². The van der Waals surface area contributed by atoms with E-state index in [2.05, 4.69) is 37.0 Å². The van der Waals surface area contributed by atoms with Crippen molar-refractivity contribution in [1.82, 2.24) is 15.0 Å². The molecule has 4 nitrogen and oxygen atoms in total. The summed E-state index contributed by atoms with van der Waals surface area (Å²) < 4.78 is 0. The lowest BCUT2D eigenvalue weighted by atomic mass is 9.97. The molecule has 4 heteroatoms. The Labute approximate surface area is 130 Å². The fourth-order valence-electron chi connectivity index (χ4n) is 2.69. The van der Waals surface area contributed by atoms with Gasteiger partial charge in [-0.1, -0.05) is 45.4 Å². The molecule has 0 saturated carbocycles. The first-order valence-electron chi connectivity index (χ1n) is 7.78. The highest BCUT2D eigenvalue weighted by molar-refractivity contribution is 5.73. The van der Waals surface area contributed by atoms with Crippen molar-refractivity contribution in [3.8, 4) is 11.4 Å². The van der Waals surface area contributed by atoms with Crippen LogP contribution in [-0.2, 0) is 6.42 Å². The molecular formula is C18H21N3O. The molecule has 3 aromatic rings. The van der Waals surface area contributed by atoms with Gasteiger partial charge in [-0.2, -0.15) is 0 Å². The molecule has 0 atom stereocenters. The fraction of sp³-hybridized carbons (Fsp3) is 0.333. The van der Waals surface area contributed by atoms with E-state index in [1.54, 1.807) is 4.80 Å². The third-order valence-electron chi connectivity index (χ3n) is 3.84. The zero-order chi connectivity index (χ0) is 15.7. The molecule has 1 N–H and O–H groups in total. The van der Waals surface area contributed by atoms with E-state index in [-0.39, 0.29) is 11.7 Å². The number of aryl methyl sites for hydroxylation is 1. The Kier molecular flexibility index (Phi) is 3.84. The molecule has 0 aliphatic carbocycles. The number of hydrogen-bond donors (Lipinski definition) is 1. The Morgan fingerprint density at radius 1 is 1.09 bits per heavy atom. The smallest absolute Gasteiger partial charge is 0.146 e. The first-order valence-corrected chi connectivity index (χ1v) is 7.78. The van der Waals surface area contributed by atoms with Gasteiger partial charge < -0.3 is 5.11 Å². The van der Waals surface area contributed by atoms with Gasteiger partial charge in [-0.25, -0.2) is 0 Å². The van der Waals surface area contributed by atoms with Crippen molar-refractivity contribution in [2.45, 2.75) is 39.5 Å². The second kappa shape index (κ2) is 5.79. The molecule has 22 heavy (non-hydrogen) atoms. The monoisotopic (exact) mass is 295 g/mol. The van der Waals surface area contributed by atoms with Gasteiger partial charge in [-0.15, -0.1) is 15.0 Å². The molecule has 0 aliphatic heterocycles. The lowest BCUT2D eigenvalue weighted by molar-refractivity contribution is 0.457. The summed E-state index contributed by atoms with van der Waals surface area (Å²) in [5.74, 6) is 0.524. The van der Waals surface area contributed by atoms with Crippen LogP contribution >= 0.6 is 0 Å². The minimum Gasteiger partial charge on any atom is -0.505 e. The quantitative estimate of drug-likeness (QED) is 0.784. The normalized spacial score (nSPS) is 11.5. The Balaban J connectivity index is 2.19. The van der Waals surface area contributed by atoms with Gasteiger partial charge in [0.15, 0.2) is 0 Å². The number of phenols is 1. The van der Waals surface area contributed by atoms with E-state index in [1.807, 2.05) is 30.3 Å². The average Bonchev–Trinajstić information content (AvgIpc) is 2.92. The molecule has 0 fully saturated rings. The first kappa shape index (κ1) is 14.6. The maximum Gasteiger partial charge on any atom is 0.146 e. The van der Waals surface area contributed by atoms with Crippen LogP contribution in [0.25, 0.3) is 16.7 Å². The summed E-state index contributed by atoms with van der Waals surface area (Å²) in [6.07, 6.45) is 2.05. The SMILES string of the molecule is CCCc1cc(C(C)C)c(O)c(-n2nc3ccccc3n2)c1. The van der Waals surface area contributed by atoms with Crippen LogP contribution in [0.4, 0.5) is 0 Å². The van der Waals surface area contributed by atoms with Crippen molar-refractivity contribution < 1.29 is 5.11 Å². The second-order valence-electron chi connectivity index (χ2n) is 5.94. The number of fused-ring (bicyclic) bond motifs is 1. The molecule has 1 aromatic heterocycles. The molecular weight excluding hydrogens is 274 g/mol. The molecule has 0 radical (unpaired) electrons. The molecule has 0 unspecified atom stereocenters. The molecule has 114 valence electrons. The number of aromatic hydroxyl groups is 1. The minimum atomic E-state index is 0.250. The highest BCUT2D eigenvalue weighted by Gasteiger charge is 2.16. The predicted octanol–water partition coefficient (Wildman–Crippen LogP) is 4.20. The van der Waals surface area contributed by atoms with Crippen molar-refractivity contribution >= 4 is 11.0 Å². The van der Waals surface area contributed by atoms with Gasteiger partial charge in [0.05, 0.1) is 0 Å². The zero-order valence-corrected chi connectivity index (χ0v) is 13.2. The molecule has 1 heterocycles. The molecule has 0 spiro atoms. The molecule has 0 amide bonds. The summed E-state index contributed by atoms with van der Waals surface area (Å²) in [5.41, 5.74) is 4.47. The van der Waals surface area contributed by atoms with Crippen molar-refractivity contribution in [2.24, 2.45) is 0 Å². The van der Waals surface area contributed by atoms with E-state index in [0.717, 1.165) is 29.4 Å². The van der Waals surface area contributed by atoms with Crippen LogP contribution in [0.15, 0.2) is 36.4 Å². The Morgan fingerprint density at radius 3 is 2.27 bits per heavy atom. The standard InChI is InChI=1S/C18H21N3O/c1-4-7-13-10-14(12(2)3)18(22)17(11-13)21-19-15-8-5-6-9-16(15)20-21/h5-6,8-12,22H,4,7H2,1-3H3. The molecule has 3 rings (SSSR count). The van der Waals surface area contributed by atoms with Crippen LogP contribution in [0.2, 0.25) is 0 Å². The lowest BCUT2D eigenvalue weighted by Crippen LogP contribution is -2.03. The van der Waals surface area contributed by atoms with Crippen molar-refractivity contribution in [3.05, 3.63) is 47.5 Å². The highest BCUT2D eigenvalue weighted by atomic mass is 16.3. The van der Waals surface area contributed by atoms with E-state index < -0.39 is 0 Å². The Morgan fingerprint density at radius 2 is 1.73 bits per heavy atom. The predicted molar refractivity (Wildman–Crippen MR) is 88.6 cm³/mol. The summed E-state index contributed by atoms with van der Waals surface area (Å²) in [7, 11) is 0. The van der Waals surface area contributed by atoms with Crippen LogP contribution in [0, 0.1) is 0 Å². The third kappa shape index (κ3) is 2.56. The van der Waals surface area contributed by atoms with Crippen LogP contribution in [-0.4, -0.2) is 20.1 Å².